The van der Waals surface area contributed by atoms with Gasteiger partial charge in [0.2, 0.25) is 17.7 Å². The van der Waals surface area contributed by atoms with Gasteiger partial charge in [0.05, 0.1) is 0 Å². The highest BCUT2D eigenvalue weighted by Crippen LogP contribution is 2.23. The van der Waals surface area contributed by atoms with Crippen LogP contribution < -0.4 is 16.0 Å². The Labute approximate surface area is 171 Å². The summed E-state index contributed by atoms with van der Waals surface area (Å²) in [7, 11) is 5.00. The lowest BCUT2D eigenvalue weighted by atomic mass is 9.89. The fourth-order valence-electron chi connectivity index (χ4n) is 2.80. The molecule has 1 rings (SSSR count). The van der Waals surface area contributed by atoms with Gasteiger partial charge in [0.1, 0.15) is 0 Å². The Kier molecular flexibility index (Phi) is 19.1. The quantitative estimate of drug-likeness (QED) is 0.491. The highest BCUT2D eigenvalue weighted by Gasteiger charge is 2.19. The number of nitrogens with one attached hydrogen (secondary N) is 3. The van der Waals surface area contributed by atoms with Gasteiger partial charge in [-0.05, 0) is 25.7 Å². The van der Waals surface area contributed by atoms with E-state index in [1.165, 1.54) is 19.3 Å². The zero-order valence-electron chi connectivity index (χ0n) is 18.8. The molecule has 0 radical (unpaired) electrons. The first-order valence-electron chi connectivity index (χ1n) is 10.5. The van der Waals surface area contributed by atoms with Crippen LogP contribution in [0.1, 0.15) is 72.1 Å². The van der Waals surface area contributed by atoms with Gasteiger partial charge in [0.25, 0.3) is 0 Å². The maximum Gasteiger partial charge on any atom is 0.222 e. The lowest BCUT2D eigenvalue weighted by Crippen LogP contribution is -2.28. The van der Waals surface area contributed by atoms with Crippen LogP contribution in [0.5, 0.6) is 0 Å². The molecule has 1 fully saturated rings. The molecule has 1 saturated carbocycles. The van der Waals surface area contributed by atoms with Crippen LogP contribution in [0.3, 0.4) is 0 Å². The number of unbranched alkanes of at least 4 members (excludes halogenated alkanes) is 1. The van der Waals surface area contributed by atoms with E-state index in [-0.39, 0.29) is 36.2 Å². The van der Waals surface area contributed by atoms with Crippen molar-refractivity contribution >= 4 is 17.7 Å². The number of rotatable bonds is 7. The third kappa shape index (κ3) is 15.4. The molecule has 7 nitrogen and oxygen atoms in total. The number of carbonyl (C=O) groups is 3. The van der Waals surface area contributed by atoms with Crippen LogP contribution in [0.15, 0.2) is 0 Å². The number of carbonyl (C=O) groups excluding carboxylic acids is 3. The number of aliphatic hydroxyl groups excluding tert-OH is 1. The number of aliphatic hydroxyl groups is 1. The first-order chi connectivity index (χ1) is 13.2. The van der Waals surface area contributed by atoms with Gasteiger partial charge < -0.3 is 21.1 Å². The van der Waals surface area contributed by atoms with Crippen molar-refractivity contribution in [2.45, 2.75) is 72.1 Å². The van der Waals surface area contributed by atoms with Gasteiger partial charge in [0.15, 0.2) is 0 Å². The average Bonchev–Trinajstić information content (AvgIpc) is 2.73. The molecule has 1 atom stereocenters. The molecular formula is C21H43N3O4. The molecular weight excluding hydrogens is 358 g/mol. The molecule has 1 aliphatic rings. The topological polar surface area (TPSA) is 108 Å². The van der Waals surface area contributed by atoms with Crippen molar-refractivity contribution in [2.75, 3.05) is 27.7 Å². The Hall–Kier alpha value is -1.63. The Morgan fingerprint density at radius 2 is 1.39 bits per heavy atom. The van der Waals surface area contributed by atoms with Gasteiger partial charge in [-0.2, -0.15) is 0 Å². The number of amides is 3. The monoisotopic (exact) mass is 401 g/mol. The van der Waals surface area contributed by atoms with E-state index in [1.807, 2.05) is 20.8 Å². The molecule has 0 aromatic rings. The summed E-state index contributed by atoms with van der Waals surface area (Å²) >= 11 is 0. The second kappa shape index (κ2) is 18.7. The molecule has 0 heterocycles. The van der Waals surface area contributed by atoms with E-state index in [0.29, 0.717) is 5.92 Å². The zero-order valence-corrected chi connectivity index (χ0v) is 18.8. The van der Waals surface area contributed by atoms with Crippen LogP contribution in [-0.4, -0.2) is 50.6 Å². The normalized spacial score (nSPS) is 14.6. The molecule has 166 valence electrons. The highest BCUT2D eigenvalue weighted by atomic mass is 16.3. The van der Waals surface area contributed by atoms with Crippen LogP contribution in [0, 0.1) is 17.8 Å². The van der Waals surface area contributed by atoms with E-state index in [4.69, 9.17) is 5.11 Å². The predicted octanol–water partition coefficient (Wildman–Crippen LogP) is 2.23. The van der Waals surface area contributed by atoms with Crippen LogP contribution in [0.2, 0.25) is 0 Å². The molecule has 3 amide bonds. The predicted molar refractivity (Wildman–Crippen MR) is 114 cm³/mol. The van der Waals surface area contributed by atoms with Crippen LogP contribution in [-0.2, 0) is 14.4 Å². The maximum absolute atomic E-state index is 11.1. The van der Waals surface area contributed by atoms with Crippen molar-refractivity contribution in [3.63, 3.8) is 0 Å². The maximum atomic E-state index is 11.1. The summed E-state index contributed by atoms with van der Waals surface area (Å²) in [5.41, 5.74) is 0. The largest absolute Gasteiger partial charge is 0.396 e. The van der Waals surface area contributed by atoms with Gasteiger partial charge in [-0.1, -0.05) is 46.5 Å². The van der Waals surface area contributed by atoms with Crippen molar-refractivity contribution in [2.24, 2.45) is 17.8 Å². The summed E-state index contributed by atoms with van der Waals surface area (Å²) in [6, 6.07) is 0. The Morgan fingerprint density at radius 1 is 0.857 bits per heavy atom. The summed E-state index contributed by atoms with van der Waals surface area (Å²) in [5.74, 6) is 0.929. The van der Waals surface area contributed by atoms with E-state index in [1.54, 1.807) is 21.1 Å². The van der Waals surface area contributed by atoms with Crippen LogP contribution in [0.4, 0.5) is 0 Å². The van der Waals surface area contributed by atoms with Gasteiger partial charge in [-0.15, -0.1) is 0 Å². The SMILES string of the molecule is CNC(=O)C(C)C.CNC(=O)C(C)CCCCO.CNC(=O)C1CCCCC1. The standard InChI is InChI=1S/C8H17NO2.C8H15NO.C5H11NO/c1-7(8(11)9-2)5-3-4-6-10;1-9-8(10)7-5-3-2-4-6-7;1-4(2)5(7)6-3/h7,10H,3-6H2,1-2H3,(H,9,11);7H,2-6H2,1H3,(H,9,10);4H,1-3H3,(H,6,7). The van der Waals surface area contributed by atoms with Crippen molar-refractivity contribution in [3.8, 4) is 0 Å². The summed E-state index contributed by atoms with van der Waals surface area (Å²) in [5, 5.41) is 16.3. The van der Waals surface area contributed by atoms with E-state index in [9.17, 15) is 14.4 Å². The van der Waals surface area contributed by atoms with Gasteiger partial charge in [-0.25, -0.2) is 0 Å². The first-order valence-corrected chi connectivity index (χ1v) is 10.5. The Morgan fingerprint density at radius 3 is 1.75 bits per heavy atom. The fourth-order valence-corrected chi connectivity index (χ4v) is 2.80. The lowest BCUT2D eigenvalue weighted by molar-refractivity contribution is -0.125. The molecule has 1 aliphatic carbocycles. The van der Waals surface area contributed by atoms with Crippen molar-refractivity contribution in [3.05, 3.63) is 0 Å². The highest BCUT2D eigenvalue weighted by molar-refractivity contribution is 5.78. The van der Waals surface area contributed by atoms with Crippen molar-refractivity contribution in [1.29, 1.82) is 0 Å². The average molecular weight is 402 g/mol. The van der Waals surface area contributed by atoms with E-state index >= 15 is 0 Å². The summed E-state index contributed by atoms with van der Waals surface area (Å²) in [6.07, 6.45) is 8.55. The van der Waals surface area contributed by atoms with Crippen LogP contribution >= 0.6 is 0 Å². The molecule has 0 aliphatic heterocycles. The smallest absolute Gasteiger partial charge is 0.222 e. The van der Waals surface area contributed by atoms with Crippen molar-refractivity contribution in [1.82, 2.24) is 16.0 Å². The molecule has 7 heteroatoms. The molecule has 1 unspecified atom stereocenters. The molecule has 28 heavy (non-hydrogen) atoms. The summed E-state index contributed by atoms with van der Waals surface area (Å²) in [4.78, 5) is 32.4. The molecule has 0 aromatic carbocycles. The minimum atomic E-state index is 0.0755. The molecule has 0 saturated heterocycles. The van der Waals surface area contributed by atoms with Crippen molar-refractivity contribution < 1.29 is 19.5 Å². The molecule has 0 bridgehead atoms. The minimum absolute atomic E-state index is 0.0755. The third-order valence-electron chi connectivity index (χ3n) is 4.73. The zero-order chi connectivity index (χ0) is 21.9. The molecule has 0 aromatic heterocycles. The van der Waals surface area contributed by atoms with Gasteiger partial charge in [-0.3, -0.25) is 14.4 Å². The molecule has 4 N–H and O–H groups in total. The summed E-state index contributed by atoms with van der Waals surface area (Å²) in [6.45, 7) is 5.84. The van der Waals surface area contributed by atoms with Gasteiger partial charge in [0, 0.05) is 45.5 Å². The fraction of sp³-hybridized carbons (Fsp3) is 0.857. The Balaban J connectivity index is 0. The minimum Gasteiger partial charge on any atom is -0.396 e. The van der Waals surface area contributed by atoms with Crippen LogP contribution in [0.25, 0.3) is 0 Å². The second-order valence-corrected chi connectivity index (χ2v) is 7.45. The first kappa shape index (κ1) is 28.6. The van der Waals surface area contributed by atoms with Gasteiger partial charge >= 0.3 is 0 Å². The number of hydrogen-bond donors (Lipinski definition) is 4. The number of hydrogen-bond acceptors (Lipinski definition) is 4. The molecule has 0 spiro atoms. The lowest BCUT2D eigenvalue weighted by Gasteiger charge is -2.19. The third-order valence-corrected chi connectivity index (χ3v) is 4.73. The van der Waals surface area contributed by atoms with E-state index in [2.05, 4.69) is 16.0 Å². The second-order valence-electron chi connectivity index (χ2n) is 7.45. The van der Waals surface area contributed by atoms with E-state index in [0.717, 1.165) is 32.1 Å². The summed E-state index contributed by atoms with van der Waals surface area (Å²) < 4.78 is 0. The Bertz CT molecular complexity index is 422. The van der Waals surface area contributed by atoms with E-state index < -0.39 is 0 Å².